The molecule has 5 heteroatoms. The molecule has 0 saturated carbocycles. The molecule has 0 radical (unpaired) electrons. The fourth-order valence-electron chi connectivity index (χ4n) is 1.78. The average Bonchev–Trinajstić information content (AvgIpc) is 2.36. The van der Waals surface area contributed by atoms with E-state index in [1.165, 1.54) is 0 Å². The van der Waals surface area contributed by atoms with Gasteiger partial charge in [-0.05, 0) is 24.1 Å². The van der Waals surface area contributed by atoms with Crippen molar-refractivity contribution in [3.8, 4) is 0 Å². The molecule has 0 saturated heterocycles. The van der Waals surface area contributed by atoms with Gasteiger partial charge in [-0.1, -0.05) is 25.6 Å². The van der Waals surface area contributed by atoms with E-state index in [1.54, 1.807) is 24.3 Å². The summed E-state index contributed by atoms with van der Waals surface area (Å²) in [5.41, 5.74) is 6.67. The Hall–Kier alpha value is -1.49. The van der Waals surface area contributed by atoms with E-state index >= 15 is 0 Å². The molecule has 1 amide bonds. The summed E-state index contributed by atoms with van der Waals surface area (Å²) < 4.78 is 0. The lowest BCUT2D eigenvalue weighted by Crippen LogP contribution is -2.38. The standard InChI is InChI=1S/C13H19N3OS/c1-3-4-11(12(14)18)13(17)16(2)9-10-5-7-15-8-6-10/h5-8,11H,3-4,9H2,1-2H3,(H2,14,18). The molecule has 0 aliphatic rings. The maximum absolute atomic E-state index is 12.2. The van der Waals surface area contributed by atoms with Gasteiger partial charge in [-0.3, -0.25) is 9.78 Å². The third-order valence-electron chi connectivity index (χ3n) is 2.76. The predicted octanol–water partition coefficient (Wildman–Crippen LogP) is 1.74. The molecule has 1 atom stereocenters. The van der Waals surface area contributed by atoms with Crippen molar-refractivity contribution in [3.63, 3.8) is 0 Å². The van der Waals surface area contributed by atoms with Crippen LogP contribution in [0.15, 0.2) is 24.5 Å². The van der Waals surface area contributed by atoms with Crippen LogP contribution in [-0.4, -0.2) is 27.8 Å². The highest BCUT2D eigenvalue weighted by Crippen LogP contribution is 2.12. The number of thiocarbonyl (C=S) groups is 1. The Morgan fingerprint density at radius 1 is 1.50 bits per heavy atom. The third kappa shape index (κ3) is 4.07. The number of amides is 1. The minimum atomic E-state index is -0.350. The van der Waals surface area contributed by atoms with E-state index in [1.807, 2.05) is 19.1 Å². The molecule has 0 spiro atoms. The summed E-state index contributed by atoms with van der Waals surface area (Å²) in [6.45, 7) is 2.56. The van der Waals surface area contributed by atoms with Crippen molar-refractivity contribution in [2.24, 2.45) is 11.7 Å². The summed E-state index contributed by atoms with van der Waals surface area (Å²) in [7, 11) is 1.77. The second-order valence-corrected chi connectivity index (χ2v) is 4.76. The van der Waals surface area contributed by atoms with Crippen LogP contribution in [0.4, 0.5) is 0 Å². The molecule has 0 bridgehead atoms. The van der Waals surface area contributed by atoms with Crippen LogP contribution in [0, 0.1) is 5.92 Å². The van der Waals surface area contributed by atoms with Crippen molar-refractivity contribution in [3.05, 3.63) is 30.1 Å². The molecule has 4 nitrogen and oxygen atoms in total. The van der Waals surface area contributed by atoms with Gasteiger partial charge in [0.1, 0.15) is 0 Å². The SMILES string of the molecule is CCCC(C(=O)N(C)Cc1ccncc1)C(N)=S. The van der Waals surface area contributed by atoms with E-state index in [-0.39, 0.29) is 16.8 Å². The molecule has 0 aromatic carbocycles. The molecule has 1 aromatic rings. The molecule has 98 valence electrons. The zero-order valence-electron chi connectivity index (χ0n) is 10.8. The van der Waals surface area contributed by atoms with Gasteiger partial charge >= 0.3 is 0 Å². The van der Waals surface area contributed by atoms with Gasteiger partial charge in [0.15, 0.2) is 0 Å². The van der Waals surface area contributed by atoms with Gasteiger partial charge in [-0.15, -0.1) is 0 Å². The van der Waals surface area contributed by atoms with Gasteiger partial charge in [-0.2, -0.15) is 0 Å². The fraction of sp³-hybridized carbons (Fsp3) is 0.462. The van der Waals surface area contributed by atoms with Gasteiger partial charge < -0.3 is 10.6 Å². The van der Waals surface area contributed by atoms with E-state index < -0.39 is 0 Å². The first-order chi connectivity index (χ1) is 8.56. The second-order valence-electron chi connectivity index (χ2n) is 4.29. The first kappa shape index (κ1) is 14.6. The molecular formula is C13H19N3OS. The van der Waals surface area contributed by atoms with E-state index in [4.69, 9.17) is 18.0 Å². The lowest BCUT2D eigenvalue weighted by molar-refractivity contribution is -0.132. The van der Waals surface area contributed by atoms with Crippen LogP contribution in [0.5, 0.6) is 0 Å². The Bertz CT molecular complexity index is 408. The Labute approximate surface area is 113 Å². The number of hydrogen-bond donors (Lipinski definition) is 1. The summed E-state index contributed by atoms with van der Waals surface area (Å²) in [6.07, 6.45) is 5.02. The quantitative estimate of drug-likeness (QED) is 0.796. The van der Waals surface area contributed by atoms with Crippen molar-refractivity contribution < 1.29 is 4.79 Å². The van der Waals surface area contributed by atoms with Gasteiger partial charge in [0.05, 0.1) is 10.9 Å². The van der Waals surface area contributed by atoms with Gasteiger partial charge in [0, 0.05) is 26.0 Å². The molecule has 18 heavy (non-hydrogen) atoms. The molecule has 0 aliphatic carbocycles. The van der Waals surface area contributed by atoms with Crippen LogP contribution in [0.1, 0.15) is 25.3 Å². The van der Waals surface area contributed by atoms with Gasteiger partial charge in [0.2, 0.25) is 5.91 Å². The molecule has 1 aromatic heterocycles. The highest BCUT2D eigenvalue weighted by atomic mass is 32.1. The normalized spacial score (nSPS) is 11.9. The smallest absolute Gasteiger partial charge is 0.232 e. The van der Waals surface area contributed by atoms with Gasteiger partial charge in [0.25, 0.3) is 0 Å². The van der Waals surface area contributed by atoms with Crippen LogP contribution in [0.3, 0.4) is 0 Å². The number of aromatic nitrogens is 1. The van der Waals surface area contributed by atoms with Gasteiger partial charge in [-0.25, -0.2) is 0 Å². The third-order valence-corrected chi connectivity index (χ3v) is 3.05. The topological polar surface area (TPSA) is 59.2 Å². The molecule has 2 N–H and O–H groups in total. The van der Waals surface area contributed by atoms with Crippen molar-refractivity contribution in [1.29, 1.82) is 0 Å². The number of nitrogens with two attached hydrogens (primary N) is 1. The van der Waals surface area contributed by atoms with E-state index in [9.17, 15) is 4.79 Å². The van der Waals surface area contributed by atoms with E-state index in [0.29, 0.717) is 13.0 Å². The second kappa shape index (κ2) is 7.06. The highest BCUT2D eigenvalue weighted by Gasteiger charge is 2.23. The zero-order chi connectivity index (χ0) is 13.5. The zero-order valence-corrected chi connectivity index (χ0v) is 11.6. The summed E-state index contributed by atoms with van der Waals surface area (Å²) >= 11 is 4.96. The maximum atomic E-state index is 12.2. The first-order valence-corrected chi connectivity index (χ1v) is 6.40. The number of rotatable bonds is 6. The Balaban J connectivity index is 2.67. The fourth-order valence-corrected chi connectivity index (χ4v) is 2.00. The monoisotopic (exact) mass is 265 g/mol. The van der Waals surface area contributed by atoms with Crippen molar-refractivity contribution in [1.82, 2.24) is 9.88 Å². The largest absolute Gasteiger partial charge is 0.393 e. The first-order valence-electron chi connectivity index (χ1n) is 5.99. The predicted molar refractivity (Wildman–Crippen MR) is 75.9 cm³/mol. The summed E-state index contributed by atoms with van der Waals surface area (Å²) in [4.78, 5) is 18.1. The summed E-state index contributed by atoms with van der Waals surface area (Å²) in [5, 5.41) is 0. The minimum absolute atomic E-state index is 0.0128. The Morgan fingerprint density at radius 3 is 2.61 bits per heavy atom. The summed E-state index contributed by atoms with van der Waals surface area (Å²) in [5.74, 6) is -0.363. The number of carbonyl (C=O) groups is 1. The minimum Gasteiger partial charge on any atom is -0.393 e. The maximum Gasteiger partial charge on any atom is 0.232 e. The molecule has 0 fully saturated rings. The summed E-state index contributed by atoms with van der Waals surface area (Å²) in [6, 6.07) is 3.78. The van der Waals surface area contributed by atoms with Crippen LogP contribution in [-0.2, 0) is 11.3 Å². The van der Waals surface area contributed by atoms with Crippen LogP contribution in [0.2, 0.25) is 0 Å². The number of nitrogens with zero attached hydrogens (tertiary/aromatic N) is 2. The van der Waals surface area contributed by atoms with E-state index in [0.717, 1.165) is 12.0 Å². The lowest BCUT2D eigenvalue weighted by atomic mass is 10.0. The van der Waals surface area contributed by atoms with Crippen molar-refractivity contribution in [2.45, 2.75) is 26.3 Å². The molecule has 0 aliphatic heterocycles. The van der Waals surface area contributed by atoms with Crippen LogP contribution < -0.4 is 5.73 Å². The molecular weight excluding hydrogens is 246 g/mol. The number of carbonyl (C=O) groups excluding carboxylic acids is 1. The lowest BCUT2D eigenvalue weighted by Gasteiger charge is -2.23. The van der Waals surface area contributed by atoms with E-state index in [2.05, 4.69) is 4.98 Å². The van der Waals surface area contributed by atoms with Crippen molar-refractivity contribution >= 4 is 23.1 Å². The van der Waals surface area contributed by atoms with Crippen LogP contribution >= 0.6 is 12.2 Å². The number of pyridine rings is 1. The average molecular weight is 265 g/mol. The molecule has 1 unspecified atom stereocenters. The molecule has 1 rings (SSSR count). The van der Waals surface area contributed by atoms with Crippen molar-refractivity contribution in [2.75, 3.05) is 7.05 Å². The number of hydrogen-bond acceptors (Lipinski definition) is 3. The molecule has 1 heterocycles. The Morgan fingerprint density at radius 2 is 2.11 bits per heavy atom. The van der Waals surface area contributed by atoms with Crippen LogP contribution in [0.25, 0.3) is 0 Å². The Kier molecular flexibility index (Phi) is 5.71. The highest BCUT2D eigenvalue weighted by molar-refractivity contribution is 7.80.